The summed E-state index contributed by atoms with van der Waals surface area (Å²) in [5.41, 5.74) is 0. The lowest BCUT2D eigenvalue weighted by molar-refractivity contribution is -0.142. The van der Waals surface area contributed by atoms with Crippen LogP contribution in [0.3, 0.4) is 0 Å². The summed E-state index contributed by atoms with van der Waals surface area (Å²) >= 11 is 0. The van der Waals surface area contributed by atoms with Crippen LogP contribution in [0.4, 0.5) is 8.78 Å². The fourth-order valence-corrected chi connectivity index (χ4v) is 3.79. The number of nitrogens with zero attached hydrogens (tertiary/aromatic N) is 1. The fourth-order valence-electron chi connectivity index (χ4n) is 3.79. The molecule has 0 bridgehead atoms. The van der Waals surface area contributed by atoms with Crippen molar-refractivity contribution in [3.8, 4) is 11.5 Å². The molecule has 0 radical (unpaired) electrons. The molecule has 3 aliphatic rings. The van der Waals surface area contributed by atoms with Gasteiger partial charge in [-0.25, -0.2) is 8.78 Å². The van der Waals surface area contributed by atoms with E-state index in [9.17, 15) is 18.4 Å². The molecule has 0 aliphatic carbocycles. The standard InChI is InChI=1S/C19H23F2N3O4.ClH/c20-19(21)9-13(22-11-19)17(25)23-12-5-7-24(8-6-12)18(26)16-10-27-14-3-1-2-4-15(14)28-16;/h1-4,12-13,16,22H,5-11H2,(H,23,25);1H. The number of hydrogen-bond acceptors (Lipinski definition) is 5. The number of para-hydroxylation sites is 2. The second-order valence-corrected chi connectivity index (χ2v) is 7.47. The van der Waals surface area contributed by atoms with E-state index < -0.39 is 36.9 Å². The third-order valence-corrected chi connectivity index (χ3v) is 5.36. The number of hydrogen-bond donors (Lipinski definition) is 2. The average molecular weight is 432 g/mol. The van der Waals surface area contributed by atoms with Crippen LogP contribution in [0, 0.1) is 0 Å². The molecule has 0 spiro atoms. The van der Waals surface area contributed by atoms with Crippen molar-refractivity contribution in [2.45, 2.75) is 43.4 Å². The second-order valence-electron chi connectivity index (χ2n) is 7.47. The van der Waals surface area contributed by atoms with Crippen molar-refractivity contribution in [3.05, 3.63) is 24.3 Å². The number of piperidine rings is 1. The normalized spacial score (nSPS) is 25.8. The highest BCUT2D eigenvalue weighted by atomic mass is 35.5. The molecule has 2 atom stereocenters. The lowest BCUT2D eigenvalue weighted by Crippen LogP contribution is -2.53. The number of amides is 2. The van der Waals surface area contributed by atoms with Gasteiger partial charge in [-0.15, -0.1) is 12.4 Å². The largest absolute Gasteiger partial charge is 0.485 e. The van der Waals surface area contributed by atoms with Gasteiger partial charge in [0.1, 0.15) is 6.61 Å². The first-order valence-electron chi connectivity index (χ1n) is 9.50. The number of nitrogens with one attached hydrogen (secondary N) is 2. The number of carbonyl (C=O) groups excluding carboxylic acids is 2. The molecule has 2 fully saturated rings. The summed E-state index contributed by atoms with van der Waals surface area (Å²) in [6, 6.07) is 6.22. The van der Waals surface area contributed by atoms with E-state index in [1.807, 2.05) is 12.1 Å². The van der Waals surface area contributed by atoms with Gasteiger partial charge in [0.2, 0.25) is 12.0 Å². The van der Waals surface area contributed by atoms with Gasteiger partial charge in [0.15, 0.2) is 11.5 Å². The number of fused-ring (bicyclic) bond motifs is 1. The lowest BCUT2D eigenvalue weighted by Gasteiger charge is -2.35. The van der Waals surface area contributed by atoms with Crippen LogP contribution in [0.15, 0.2) is 24.3 Å². The Labute approximate surface area is 173 Å². The second kappa shape index (κ2) is 8.71. The smallest absolute Gasteiger partial charge is 0.267 e. The fraction of sp³-hybridized carbons (Fsp3) is 0.579. The maximum atomic E-state index is 13.2. The van der Waals surface area contributed by atoms with Crippen molar-refractivity contribution in [2.75, 3.05) is 26.2 Å². The predicted molar refractivity (Wildman–Crippen MR) is 103 cm³/mol. The minimum atomic E-state index is -2.83. The molecule has 3 heterocycles. The predicted octanol–water partition coefficient (Wildman–Crippen LogP) is 1.35. The Morgan fingerprint density at radius 3 is 2.52 bits per heavy atom. The average Bonchev–Trinajstić information content (AvgIpc) is 3.07. The molecule has 4 rings (SSSR count). The van der Waals surface area contributed by atoms with Crippen molar-refractivity contribution in [1.82, 2.24) is 15.5 Å². The van der Waals surface area contributed by atoms with Crippen LogP contribution in [0.5, 0.6) is 11.5 Å². The summed E-state index contributed by atoms with van der Waals surface area (Å²) in [4.78, 5) is 26.6. The third kappa shape index (κ3) is 4.90. The van der Waals surface area contributed by atoms with Gasteiger partial charge >= 0.3 is 0 Å². The number of ether oxygens (including phenoxy) is 2. The molecule has 1 aromatic rings. The number of alkyl halides is 2. The zero-order valence-electron chi connectivity index (χ0n) is 15.7. The van der Waals surface area contributed by atoms with Crippen LogP contribution >= 0.6 is 12.4 Å². The monoisotopic (exact) mass is 431 g/mol. The number of likely N-dealkylation sites (tertiary alicyclic amines) is 1. The SMILES string of the molecule is Cl.O=C(NC1CCN(C(=O)C2COc3ccccc3O2)CC1)C1CC(F)(F)CN1. The third-order valence-electron chi connectivity index (χ3n) is 5.36. The van der Waals surface area contributed by atoms with Gasteiger partial charge in [0, 0.05) is 25.6 Å². The van der Waals surface area contributed by atoms with E-state index in [0.717, 1.165) is 0 Å². The van der Waals surface area contributed by atoms with Crippen LogP contribution in [0.2, 0.25) is 0 Å². The van der Waals surface area contributed by atoms with E-state index in [1.54, 1.807) is 17.0 Å². The van der Waals surface area contributed by atoms with Crippen molar-refractivity contribution in [1.29, 1.82) is 0 Å². The van der Waals surface area contributed by atoms with Gasteiger partial charge in [-0.05, 0) is 25.0 Å². The minimum absolute atomic E-state index is 0. The molecule has 29 heavy (non-hydrogen) atoms. The first-order valence-corrected chi connectivity index (χ1v) is 9.50. The molecule has 2 saturated heterocycles. The van der Waals surface area contributed by atoms with Crippen molar-refractivity contribution >= 4 is 24.2 Å². The van der Waals surface area contributed by atoms with Crippen LogP contribution < -0.4 is 20.1 Å². The molecule has 3 aliphatic heterocycles. The van der Waals surface area contributed by atoms with Gasteiger partial charge in [0.25, 0.3) is 11.8 Å². The molecular formula is C19H24ClF2N3O4. The van der Waals surface area contributed by atoms with Gasteiger partial charge < -0.3 is 19.7 Å². The number of benzene rings is 1. The van der Waals surface area contributed by atoms with Gasteiger partial charge in [-0.2, -0.15) is 0 Å². The van der Waals surface area contributed by atoms with Crippen LogP contribution in [-0.4, -0.2) is 67.1 Å². The molecule has 0 saturated carbocycles. The van der Waals surface area contributed by atoms with Crippen molar-refractivity contribution < 1.29 is 27.8 Å². The Hall–Kier alpha value is -2.13. The van der Waals surface area contributed by atoms with E-state index in [0.29, 0.717) is 37.4 Å². The van der Waals surface area contributed by atoms with E-state index >= 15 is 0 Å². The number of carbonyl (C=O) groups is 2. The van der Waals surface area contributed by atoms with Crippen LogP contribution in [0.1, 0.15) is 19.3 Å². The molecule has 0 aromatic heterocycles. The van der Waals surface area contributed by atoms with E-state index in [4.69, 9.17) is 9.47 Å². The van der Waals surface area contributed by atoms with Crippen LogP contribution in [-0.2, 0) is 9.59 Å². The zero-order chi connectivity index (χ0) is 19.7. The maximum Gasteiger partial charge on any atom is 0.267 e. The molecule has 2 unspecified atom stereocenters. The quantitative estimate of drug-likeness (QED) is 0.755. The van der Waals surface area contributed by atoms with E-state index in [1.165, 1.54) is 0 Å². The topological polar surface area (TPSA) is 79.9 Å². The van der Waals surface area contributed by atoms with Crippen LogP contribution in [0.25, 0.3) is 0 Å². The Morgan fingerprint density at radius 1 is 1.17 bits per heavy atom. The molecule has 2 N–H and O–H groups in total. The molecule has 160 valence electrons. The van der Waals surface area contributed by atoms with Gasteiger partial charge in [-0.1, -0.05) is 12.1 Å². The number of rotatable bonds is 3. The van der Waals surface area contributed by atoms with Crippen molar-refractivity contribution in [2.24, 2.45) is 0 Å². The first kappa shape index (κ1) is 21.6. The molecule has 1 aromatic carbocycles. The molecule has 2 amide bonds. The zero-order valence-corrected chi connectivity index (χ0v) is 16.6. The minimum Gasteiger partial charge on any atom is -0.485 e. The Bertz CT molecular complexity index is 759. The van der Waals surface area contributed by atoms with E-state index in [-0.39, 0.29) is 31.0 Å². The molecule has 10 heteroatoms. The Morgan fingerprint density at radius 2 is 1.86 bits per heavy atom. The summed E-state index contributed by atoms with van der Waals surface area (Å²) in [5.74, 6) is -2.20. The highest BCUT2D eigenvalue weighted by molar-refractivity contribution is 5.85. The first-order chi connectivity index (χ1) is 13.4. The summed E-state index contributed by atoms with van der Waals surface area (Å²) in [6.07, 6.45) is -0.0161. The summed E-state index contributed by atoms with van der Waals surface area (Å²) in [7, 11) is 0. The Balaban J connectivity index is 0.00000240. The number of halogens is 3. The molecular weight excluding hydrogens is 408 g/mol. The van der Waals surface area contributed by atoms with E-state index in [2.05, 4.69) is 10.6 Å². The summed E-state index contributed by atoms with van der Waals surface area (Å²) < 4.78 is 37.8. The maximum absolute atomic E-state index is 13.2. The highest BCUT2D eigenvalue weighted by Crippen LogP contribution is 2.31. The lowest BCUT2D eigenvalue weighted by atomic mass is 10.0. The van der Waals surface area contributed by atoms with Gasteiger partial charge in [-0.3, -0.25) is 14.9 Å². The summed E-state index contributed by atoms with van der Waals surface area (Å²) in [5, 5.41) is 5.38. The van der Waals surface area contributed by atoms with Crippen molar-refractivity contribution in [3.63, 3.8) is 0 Å². The summed E-state index contributed by atoms with van der Waals surface area (Å²) in [6.45, 7) is 0.637. The molecule has 7 nitrogen and oxygen atoms in total. The van der Waals surface area contributed by atoms with Gasteiger partial charge in [0.05, 0.1) is 12.6 Å². The highest BCUT2D eigenvalue weighted by Gasteiger charge is 2.43. The Kier molecular flexibility index (Phi) is 6.48.